The zero-order valence-electron chi connectivity index (χ0n) is 11.6. The minimum atomic E-state index is -0.192. The molecule has 0 bridgehead atoms. The Morgan fingerprint density at radius 3 is 3.10 bits per heavy atom. The maximum Gasteiger partial charge on any atom is 0.225 e. The molecule has 1 saturated heterocycles. The third kappa shape index (κ3) is 4.20. The molecule has 1 N–H and O–H groups in total. The van der Waals surface area contributed by atoms with Gasteiger partial charge in [-0.3, -0.25) is 4.79 Å². The van der Waals surface area contributed by atoms with Crippen molar-refractivity contribution in [1.29, 1.82) is 0 Å². The van der Waals surface area contributed by atoms with Gasteiger partial charge in [-0.15, -0.1) is 0 Å². The maximum absolute atomic E-state index is 12.0. The molecule has 2 rings (SSSR count). The highest BCUT2D eigenvalue weighted by molar-refractivity contribution is 6.30. The standard InChI is InChI=1S/C15H20ClNO3/c1-19-14(11-4-2-6-13(16)8-11)9-17-15(18)12-5-3-7-20-10-12/h2,4,6,8,12,14H,3,5,7,9-10H2,1H3,(H,17,18)/t12-,14+/m1/s1. The average molecular weight is 298 g/mol. The molecular weight excluding hydrogens is 278 g/mol. The van der Waals surface area contributed by atoms with Gasteiger partial charge < -0.3 is 14.8 Å². The molecule has 0 unspecified atom stereocenters. The molecule has 1 heterocycles. The Bertz CT molecular complexity index is 446. The summed E-state index contributed by atoms with van der Waals surface area (Å²) in [5, 5.41) is 3.60. The van der Waals surface area contributed by atoms with Crippen molar-refractivity contribution in [1.82, 2.24) is 5.32 Å². The second kappa shape index (κ2) is 7.62. The molecule has 1 aromatic carbocycles. The van der Waals surface area contributed by atoms with Gasteiger partial charge in [-0.25, -0.2) is 0 Å². The van der Waals surface area contributed by atoms with Crippen LogP contribution in [-0.2, 0) is 14.3 Å². The molecule has 20 heavy (non-hydrogen) atoms. The molecule has 0 aliphatic carbocycles. The van der Waals surface area contributed by atoms with Crippen LogP contribution in [0.4, 0.5) is 0 Å². The first kappa shape index (κ1) is 15.3. The van der Waals surface area contributed by atoms with Crippen LogP contribution < -0.4 is 5.32 Å². The first-order chi connectivity index (χ1) is 9.70. The van der Waals surface area contributed by atoms with Gasteiger partial charge in [0.15, 0.2) is 0 Å². The highest BCUT2D eigenvalue weighted by Crippen LogP contribution is 2.20. The van der Waals surface area contributed by atoms with Gasteiger partial charge in [0.05, 0.1) is 18.6 Å². The van der Waals surface area contributed by atoms with E-state index in [4.69, 9.17) is 21.1 Å². The van der Waals surface area contributed by atoms with Gasteiger partial charge in [-0.2, -0.15) is 0 Å². The third-order valence-electron chi connectivity index (χ3n) is 3.50. The maximum atomic E-state index is 12.0. The van der Waals surface area contributed by atoms with Crippen LogP contribution >= 0.6 is 11.6 Å². The lowest BCUT2D eigenvalue weighted by Gasteiger charge is -2.23. The Labute approximate surface area is 124 Å². The van der Waals surface area contributed by atoms with E-state index in [-0.39, 0.29) is 17.9 Å². The Morgan fingerprint density at radius 1 is 1.60 bits per heavy atom. The summed E-state index contributed by atoms with van der Waals surface area (Å²) in [6.07, 6.45) is 1.64. The smallest absolute Gasteiger partial charge is 0.225 e. The van der Waals surface area contributed by atoms with Gasteiger partial charge in [-0.1, -0.05) is 23.7 Å². The van der Waals surface area contributed by atoms with Gasteiger partial charge in [0, 0.05) is 25.3 Å². The van der Waals surface area contributed by atoms with Crippen molar-refractivity contribution in [3.05, 3.63) is 34.9 Å². The van der Waals surface area contributed by atoms with Crippen LogP contribution in [0.15, 0.2) is 24.3 Å². The molecule has 2 atom stereocenters. The summed E-state index contributed by atoms with van der Waals surface area (Å²) in [6, 6.07) is 7.48. The van der Waals surface area contributed by atoms with E-state index in [2.05, 4.69) is 5.32 Å². The SMILES string of the molecule is CO[C@@H](CNC(=O)[C@@H]1CCCOC1)c1cccc(Cl)c1. The molecule has 1 amide bonds. The second-order valence-corrected chi connectivity index (χ2v) is 5.38. The van der Waals surface area contributed by atoms with E-state index in [9.17, 15) is 4.79 Å². The Hall–Kier alpha value is -1.10. The first-order valence-electron chi connectivity index (χ1n) is 6.84. The van der Waals surface area contributed by atoms with E-state index in [1.807, 2.05) is 24.3 Å². The number of amides is 1. The summed E-state index contributed by atoms with van der Waals surface area (Å²) in [5.41, 5.74) is 0.959. The Morgan fingerprint density at radius 2 is 2.45 bits per heavy atom. The van der Waals surface area contributed by atoms with E-state index >= 15 is 0 Å². The fourth-order valence-corrected chi connectivity index (χ4v) is 2.53. The average Bonchev–Trinajstić information content (AvgIpc) is 2.48. The van der Waals surface area contributed by atoms with Crippen LogP contribution in [0.5, 0.6) is 0 Å². The Kier molecular flexibility index (Phi) is 5.83. The predicted octanol–water partition coefficient (Wildman–Crippen LogP) is 2.57. The minimum absolute atomic E-state index is 0.0359. The molecule has 110 valence electrons. The summed E-state index contributed by atoms with van der Waals surface area (Å²) in [4.78, 5) is 12.0. The summed E-state index contributed by atoms with van der Waals surface area (Å²) in [7, 11) is 1.63. The van der Waals surface area contributed by atoms with Gasteiger partial charge in [0.25, 0.3) is 0 Å². The first-order valence-corrected chi connectivity index (χ1v) is 7.22. The zero-order chi connectivity index (χ0) is 14.4. The van der Waals surface area contributed by atoms with Crippen molar-refractivity contribution in [3.8, 4) is 0 Å². The molecule has 1 aromatic rings. The van der Waals surface area contributed by atoms with Gasteiger partial charge in [-0.05, 0) is 30.5 Å². The van der Waals surface area contributed by atoms with Crippen molar-refractivity contribution >= 4 is 17.5 Å². The van der Waals surface area contributed by atoms with Gasteiger partial charge in [0.1, 0.15) is 0 Å². The third-order valence-corrected chi connectivity index (χ3v) is 3.73. The quantitative estimate of drug-likeness (QED) is 0.908. The molecular formula is C15H20ClNO3. The molecule has 1 fully saturated rings. The second-order valence-electron chi connectivity index (χ2n) is 4.94. The summed E-state index contributed by atoms with van der Waals surface area (Å²) in [5.74, 6) is -0.00519. The number of halogens is 1. The Balaban J connectivity index is 1.88. The molecule has 0 saturated carbocycles. The molecule has 1 aliphatic heterocycles. The van der Waals surface area contributed by atoms with Crippen molar-refractivity contribution in [2.75, 3.05) is 26.9 Å². The number of carbonyl (C=O) groups is 1. The van der Waals surface area contributed by atoms with Crippen molar-refractivity contribution < 1.29 is 14.3 Å². The van der Waals surface area contributed by atoms with Crippen LogP contribution in [0, 0.1) is 5.92 Å². The summed E-state index contributed by atoms with van der Waals surface area (Å²) >= 11 is 5.97. The molecule has 0 radical (unpaired) electrons. The van der Waals surface area contributed by atoms with E-state index in [0.29, 0.717) is 18.2 Å². The largest absolute Gasteiger partial charge is 0.381 e. The predicted molar refractivity (Wildman–Crippen MR) is 77.8 cm³/mol. The fourth-order valence-electron chi connectivity index (χ4n) is 2.33. The highest BCUT2D eigenvalue weighted by Gasteiger charge is 2.22. The van der Waals surface area contributed by atoms with Crippen LogP contribution in [0.3, 0.4) is 0 Å². The van der Waals surface area contributed by atoms with E-state index in [1.165, 1.54) is 0 Å². The van der Waals surface area contributed by atoms with E-state index in [1.54, 1.807) is 7.11 Å². The number of carbonyl (C=O) groups excluding carboxylic acids is 1. The highest BCUT2D eigenvalue weighted by atomic mass is 35.5. The normalized spacial score (nSPS) is 20.4. The van der Waals surface area contributed by atoms with Crippen molar-refractivity contribution in [2.24, 2.45) is 5.92 Å². The van der Waals surface area contributed by atoms with Gasteiger partial charge >= 0.3 is 0 Å². The topological polar surface area (TPSA) is 47.6 Å². The lowest BCUT2D eigenvalue weighted by atomic mass is 10.0. The number of benzene rings is 1. The lowest BCUT2D eigenvalue weighted by Crippen LogP contribution is -2.37. The van der Waals surface area contributed by atoms with Gasteiger partial charge in [0.2, 0.25) is 5.91 Å². The van der Waals surface area contributed by atoms with Crippen LogP contribution in [0.1, 0.15) is 24.5 Å². The number of ether oxygens (including phenoxy) is 2. The van der Waals surface area contributed by atoms with Crippen LogP contribution in [-0.4, -0.2) is 32.8 Å². The fraction of sp³-hybridized carbons (Fsp3) is 0.533. The monoisotopic (exact) mass is 297 g/mol. The summed E-state index contributed by atoms with van der Waals surface area (Å²) < 4.78 is 10.8. The molecule has 1 aliphatic rings. The van der Waals surface area contributed by atoms with Crippen LogP contribution in [0.25, 0.3) is 0 Å². The zero-order valence-corrected chi connectivity index (χ0v) is 12.4. The number of methoxy groups -OCH3 is 1. The number of hydrogen-bond acceptors (Lipinski definition) is 3. The van der Waals surface area contributed by atoms with Crippen LogP contribution in [0.2, 0.25) is 5.02 Å². The summed E-state index contributed by atoms with van der Waals surface area (Å²) in [6.45, 7) is 1.71. The lowest BCUT2D eigenvalue weighted by molar-refractivity contribution is -0.129. The number of nitrogens with one attached hydrogen (secondary N) is 1. The number of hydrogen-bond donors (Lipinski definition) is 1. The van der Waals surface area contributed by atoms with E-state index < -0.39 is 0 Å². The minimum Gasteiger partial charge on any atom is -0.381 e. The molecule has 5 heteroatoms. The van der Waals surface area contributed by atoms with Crippen molar-refractivity contribution in [2.45, 2.75) is 18.9 Å². The van der Waals surface area contributed by atoms with Crippen molar-refractivity contribution in [3.63, 3.8) is 0 Å². The van der Waals surface area contributed by atoms with E-state index in [0.717, 1.165) is 25.0 Å². The molecule has 0 spiro atoms. The molecule has 0 aromatic heterocycles. The number of rotatable bonds is 5. The molecule has 4 nitrogen and oxygen atoms in total.